The lowest BCUT2D eigenvalue weighted by molar-refractivity contribution is 0.207. The van der Waals surface area contributed by atoms with Crippen LogP contribution >= 0.6 is 0 Å². The van der Waals surface area contributed by atoms with Crippen molar-refractivity contribution in [2.75, 3.05) is 26.7 Å². The van der Waals surface area contributed by atoms with Gasteiger partial charge >= 0.3 is 0 Å². The van der Waals surface area contributed by atoms with E-state index in [4.69, 9.17) is 5.26 Å². The number of nitrogens with one attached hydrogen (secondary N) is 1. The van der Waals surface area contributed by atoms with Gasteiger partial charge in [0.25, 0.3) is 0 Å². The van der Waals surface area contributed by atoms with Crippen LogP contribution in [0.15, 0.2) is 0 Å². The average Bonchev–Trinajstić information content (AvgIpc) is 2.39. The summed E-state index contributed by atoms with van der Waals surface area (Å²) >= 11 is 0. The molecule has 0 atom stereocenters. The smallest absolute Gasteiger partial charge is 0.0655 e. The quantitative estimate of drug-likeness (QED) is 0.813. The van der Waals surface area contributed by atoms with Gasteiger partial charge in [-0.1, -0.05) is 0 Å². The summed E-state index contributed by atoms with van der Waals surface area (Å²) < 4.78 is 0. The number of likely N-dealkylation sites (tertiary alicyclic amines) is 1. The molecule has 0 amide bonds. The van der Waals surface area contributed by atoms with Gasteiger partial charge in [-0.05, 0) is 71.1 Å². The Morgan fingerprint density at radius 3 is 2.35 bits per heavy atom. The molecule has 96 valence electrons. The molecule has 0 radical (unpaired) electrons. The van der Waals surface area contributed by atoms with Crippen LogP contribution in [-0.4, -0.2) is 37.6 Å². The number of hydrogen-bond donors (Lipinski definition) is 1. The number of rotatable bonds is 3. The van der Waals surface area contributed by atoms with E-state index in [9.17, 15) is 0 Å². The Morgan fingerprint density at radius 2 is 1.76 bits per heavy atom. The number of piperidine rings is 1. The van der Waals surface area contributed by atoms with Crippen molar-refractivity contribution in [1.82, 2.24) is 10.2 Å². The highest BCUT2D eigenvalue weighted by Crippen LogP contribution is 2.24. The van der Waals surface area contributed by atoms with Crippen molar-refractivity contribution in [2.24, 2.45) is 11.8 Å². The van der Waals surface area contributed by atoms with Gasteiger partial charge in [0.15, 0.2) is 0 Å². The summed E-state index contributed by atoms with van der Waals surface area (Å²) in [6.45, 7) is 3.71. The number of nitriles is 1. The van der Waals surface area contributed by atoms with E-state index in [2.05, 4.69) is 23.3 Å². The van der Waals surface area contributed by atoms with Crippen LogP contribution in [0.25, 0.3) is 0 Å². The van der Waals surface area contributed by atoms with Crippen LogP contribution in [0, 0.1) is 23.2 Å². The molecule has 0 aromatic rings. The lowest BCUT2D eigenvalue weighted by atomic mass is 9.86. The molecule has 3 nitrogen and oxygen atoms in total. The fourth-order valence-electron chi connectivity index (χ4n) is 3.03. The SMILES string of the molecule is CN1CCC(CNC2CCC(C#N)CC2)CC1. The fraction of sp³-hybridized carbons (Fsp3) is 0.929. The van der Waals surface area contributed by atoms with Crippen LogP contribution in [0.1, 0.15) is 38.5 Å². The van der Waals surface area contributed by atoms with Crippen molar-refractivity contribution in [1.29, 1.82) is 5.26 Å². The molecule has 1 N–H and O–H groups in total. The molecule has 2 rings (SSSR count). The second-order valence-electron chi connectivity index (χ2n) is 5.83. The third kappa shape index (κ3) is 3.97. The minimum absolute atomic E-state index is 0.330. The van der Waals surface area contributed by atoms with Gasteiger partial charge in [0.2, 0.25) is 0 Å². The molecule has 2 fully saturated rings. The van der Waals surface area contributed by atoms with Gasteiger partial charge in [-0.25, -0.2) is 0 Å². The van der Waals surface area contributed by atoms with Crippen molar-refractivity contribution in [3.05, 3.63) is 0 Å². The summed E-state index contributed by atoms with van der Waals surface area (Å²) in [6, 6.07) is 3.08. The van der Waals surface area contributed by atoms with E-state index >= 15 is 0 Å². The van der Waals surface area contributed by atoms with Gasteiger partial charge < -0.3 is 10.2 Å². The molecular formula is C14H25N3. The van der Waals surface area contributed by atoms with Crippen molar-refractivity contribution < 1.29 is 0 Å². The Bertz CT molecular complexity index is 255. The summed E-state index contributed by atoms with van der Waals surface area (Å²) in [4.78, 5) is 2.43. The topological polar surface area (TPSA) is 39.1 Å². The van der Waals surface area contributed by atoms with Gasteiger partial charge in [0.1, 0.15) is 0 Å². The summed E-state index contributed by atoms with van der Waals surface area (Å²) in [7, 11) is 2.22. The molecule has 1 saturated carbocycles. The van der Waals surface area contributed by atoms with E-state index < -0.39 is 0 Å². The molecule has 1 heterocycles. The summed E-state index contributed by atoms with van der Waals surface area (Å²) in [5, 5.41) is 12.6. The molecular weight excluding hydrogens is 210 g/mol. The van der Waals surface area contributed by atoms with Crippen molar-refractivity contribution in [3.8, 4) is 6.07 Å². The highest BCUT2D eigenvalue weighted by atomic mass is 15.1. The lowest BCUT2D eigenvalue weighted by Gasteiger charge is -2.32. The van der Waals surface area contributed by atoms with Gasteiger partial charge in [0.05, 0.1) is 6.07 Å². The van der Waals surface area contributed by atoms with Crippen molar-refractivity contribution >= 4 is 0 Å². The molecule has 1 saturated heterocycles. The Hall–Kier alpha value is -0.590. The van der Waals surface area contributed by atoms with E-state index in [1.165, 1.54) is 45.3 Å². The minimum atomic E-state index is 0.330. The minimum Gasteiger partial charge on any atom is -0.314 e. The Labute approximate surface area is 105 Å². The van der Waals surface area contributed by atoms with E-state index in [0.29, 0.717) is 12.0 Å². The second kappa shape index (κ2) is 6.37. The second-order valence-corrected chi connectivity index (χ2v) is 5.83. The molecule has 0 aromatic carbocycles. The molecule has 0 unspecified atom stereocenters. The Kier molecular flexibility index (Phi) is 4.82. The standard InChI is InChI=1S/C14H25N3/c1-17-8-6-13(7-9-17)11-16-14-4-2-12(10-15)3-5-14/h12-14,16H,2-9,11H2,1H3. The highest BCUT2D eigenvalue weighted by Gasteiger charge is 2.22. The monoisotopic (exact) mass is 235 g/mol. The normalized spacial score (nSPS) is 32.2. The maximum absolute atomic E-state index is 8.86. The van der Waals surface area contributed by atoms with Gasteiger partial charge in [-0.15, -0.1) is 0 Å². The van der Waals surface area contributed by atoms with Gasteiger partial charge in [-0.2, -0.15) is 5.26 Å². The number of hydrogen-bond acceptors (Lipinski definition) is 3. The number of nitrogens with zero attached hydrogens (tertiary/aromatic N) is 2. The highest BCUT2D eigenvalue weighted by molar-refractivity contribution is 4.89. The first-order chi connectivity index (χ1) is 8.28. The average molecular weight is 235 g/mol. The lowest BCUT2D eigenvalue weighted by Crippen LogP contribution is -2.39. The van der Waals surface area contributed by atoms with Crippen LogP contribution in [0.2, 0.25) is 0 Å². The Morgan fingerprint density at radius 1 is 1.12 bits per heavy atom. The Balaban J connectivity index is 1.61. The van der Waals surface area contributed by atoms with E-state index in [1.54, 1.807) is 0 Å². The first-order valence-corrected chi connectivity index (χ1v) is 7.09. The van der Waals surface area contributed by atoms with E-state index in [0.717, 1.165) is 18.8 Å². The van der Waals surface area contributed by atoms with Gasteiger partial charge in [-0.3, -0.25) is 0 Å². The largest absolute Gasteiger partial charge is 0.314 e. The van der Waals surface area contributed by atoms with Gasteiger partial charge in [0, 0.05) is 12.0 Å². The molecule has 3 heteroatoms. The summed E-state index contributed by atoms with van der Waals surface area (Å²) in [5.74, 6) is 1.20. The van der Waals surface area contributed by atoms with E-state index in [-0.39, 0.29) is 0 Å². The zero-order valence-electron chi connectivity index (χ0n) is 11.0. The molecule has 17 heavy (non-hydrogen) atoms. The molecule has 2 aliphatic rings. The summed E-state index contributed by atoms with van der Waals surface area (Å²) in [5.41, 5.74) is 0. The zero-order chi connectivity index (χ0) is 12.1. The van der Waals surface area contributed by atoms with Crippen molar-refractivity contribution in [2.45, 2.75) is 44.6 Å². The van der Waals surface area contributed by atoms with Crippen LogP contribution in [-0.2, 0) is 0 Å². The predicted molar refractivity (Wildman–Crippen MR) is 69.6 cm³/mol. The maximum Gasteiger partial charge on any atom is 0.0655 e. The van der Waals surface area contributed by atoms with Crippen LogP contribution in [0.4, 0.5) is 0 Å². The van der Waals surface area contributed by atoms with Crippen molar-refractivity contribution in [3.63, 3.8) is 0 Å². The molecule has 1 aliphatic heterocycles. The third-order valence-corrected chi connectivity index (χ3v) is 4.44. The van der Waals surface area contributed by atoms with Crippen LogP contribution in [0.5, 0.6) is 0 Å². The zero-order valence-corrected chi connectivity index (χ0v) is 11.0. The first-order valence-electron chi connectivity index (χ1n) is 7.09. The molecule has 1 aliphatic carbocycles. The molecule has 0 bridgehead atoms. The maximum atomic E-state index is 8.86. The fourth-order valence-corrected chi connectivity index (χ4v) is 3.03. The van der Waals surface area contributed by atoms with E-state index in [1.807, 2.05) is 0 Å². The first kappa shape index (κ1) is 12.9. The van der Waals surface area contributed by atoms with Crippen LogP contribution < -0.4 is 5.32 Å². The third-order valence-electron chi connectivity index (χ3n) is 4.44. The predicted octanol–water partition coefficient (Wildman–Crippen LogP) is 2.00. The molecule has 0 aromatic heterocycles. The summed E-state index contributed by atoms with van der Waals surface area (Å²) in [6.07, 6.45) is 7.28. The van der Waals surface area contributed by atoms with Crippen LogP contribution in [0.3, 0.4) is 0 Å². The molecule has 0 spiro atoms.